The summed E-state index contributed by atoms with van der Waals surface area (Å²) in [6, 6.07) is 12.3. The Kier molecular flexibility index (Phi) is 7.06. The highest BCUT2D eigenvalue weighted by molar-refractivity contribution is 6.35. The molecular formula is C20H22Cl2N2O2. The molecule has 1 N–H and O–H groups in total. The summed E-state index contributed by atoms with van der Waals surface area (Å²) in [4.78, 5) is 26.7. The molecule has 0 spiro atoms. The second-order valence-electron chi connectivity index (χ2n) is 6.15. The fraction of sp³-hybridized carbons (Fsp3) is 0.300. The van der Waals surface area contributed by atoms with E-state index in [1.165, 1.54) is 0 Å². The molecule has 0 radical (unpaired) electrons. The lowest BCUT2D eigenvalue weighted by Gasteiger charge is -2.29. The van der Waals surface area contributed by atoms with Crippen LogP contribution in [0.15, 0.2) is 42.5 Å². The quantitative estimate of drug-likeness (QED) is 0.806. The number of benzene rings is 2. The van der Waals surface area contributed by atoms with Crippen LogP contribution in [0.3, 0.4) is 0 Å². The van der Waals surface area contributed by atoms with Gasteiger partial charge in [-0.15, -0.1) is 0 Å². The van der Waals surface area contributed by atoms with Crippen molar-refractivity contribution in [2.45, 2.75) is 32.9 Å². The van der Waals surface area contributed by atoms with Gasteiger partial charge in [0.2, 0.25) is 11.8 Å². The van der Waals surface area contributed by atoms with E-state index in [0.717, 1.165) is 11.1 Å². The lowest BCUT2D eigenvalue weighted by atomic mass is 10.1. The molecule has 4 nitrogen and oxygen atoms in total. The van der Waals surface area contributed by atoms with Gasteiger partial charge in [0.15, 0.2) is 0 Å². The molecule has 6 heteroatoms. The van der Waals surface area contributed by atoms with E-state index >= 15 is 0 Å². The van der Waals surface area contributed by atoms with E-state index in [4.69, 9.17) is 23.2 Å². The third-order valence-electron chi connectivity index (χ3n) is 4.37. The molecule has 138 valence electrons. The summed E-state index contributed by atoms with van der Waals surface area (Å²) in [7, 11) is 1.56. The van der Waals surface area contributed by atoms with E-state index in [1.54, 1.807) is 37.1 Å². The Morgan fingerprint density at radius 1 is 1.12 bits per heavy atom. The normalized spacial score (nSPS) is 11.7. The lowest BCUT2D eigenvalue weighted by molar-refractivity contribution is -0.139. The van der Waals surface area contributed by atoms with E-state index in [1.807, 2.05) is 31.2 Å². The van der Waals surface area contributed by atoms with E-state index < -0.39 is 6.04 Å². The zero-order valence-electron chi connectivity index (χ0n) is 15.1. The highest BCUT2D eigenvalue weighted by Gasteiger charge is 2.26. The molecule has 0 unspecified atom stereocenters. The summed E-state index contributed by atoms with van der Waals surface area (Å²) in [5.41, 5.74) is 2.75. The van der Waals surface area contributed by atoms with Gasteiger partial charge in [-0.05, 0) is 42.7 Å². The average molecular weight is 393 g/mol. The minimum absolute atomic E-state index is 0.100. The summed E-state index contributed by atoms with van der Waals surface area (Å²) in [6.45, 7) is 4.06. The number of rotatable bonds is 6. The van der Waals surface area contributed by atoms with Crippen molar-refractivity contribution < 1.29 is 9.59 Å². The third-order valence-corrected chi connectivity index (χ3v) is 4.96. The van der Waals surface area contributed by atoms with Crippen LogP contribution < -0.4 is 5.32 Å². The Hall–Kier alpha value is -2.04. The Labute approximate surface area is 164 Å². The molecule has 26 heavy (non-hydrogen) atoms. The molecule has 2 rings (SSSR count). The Bertz CT molecular complexity index is 808. The molecule has 2 aromatic carbocycles. The van der Waals surface area contributed by atoms with Crippen molar-refractivity contribution in [2.75, 3.05) is 7.05 Å². The van der Waals surface area contributed by atoms with Crippen LogP contribution >= 0.6 is 23.2 Å². The number of amides is 2. The van der Waals surface area contributed by atoms with E-state index in [9.17, 15) is 9.59 Å². The number of nitrogens with zero attached hydrogens (tertiary/aromatic N) is 1. The predicted octanol–water partition coefficient (Wildman–Crippen LogP) is 4.01. The first-order chi connectivity index (χ1) is 12.3. The number of aryl methyl sites for hydroxylation is 1. The van der Waals surface area contributed by atoms with Crippen LogP contribution in [0.25, 0.3) is 0 Å². The molecule has 0 aliphatic rings. The van der Waals surface area contributed by atoms with Gasteiger partial charge in [0.25, 0.3) is 0 Å². The SMILES string of the molecule is CNC(=O)[C@H](C)N(Cc1ccccc1C)C(=O)Cc1ccc(Cl)cc1Cl. The second-order valence-corrected chi connectivity index (χ2v) is 6.99. The molecule has 0 saturated heterocycles. The summed E-state index contributed by atoms with van der Waals surface area (Å²) < 4.78 is 0. The number of likely N-dealkylation sites (N-methyl/N-ethyl adjacent to an activating group) is 1. The zero-order valence-corrected chi connectivity index (χ0v) is 16.6. The van der Waals surface area contributed by atoms with Crippen LogP contribution in [0.2, 0.25) is 10.0 Å². The van der Waals surface area contributed by atoms with Crippen molar-refractivity contribution >= 4 is 35.0 Å². The molecule has 2 aromatic rings. The van der Waals surface area contributed by atoms with Gasteiger partial charge < -0.3 is 10.2 Å². The van der Waals surface area contributed by atoms with Crippen molar-refractivity contribution in [2.24, 2.45) is 0 Å². The van der Waals surface area contributed by atoms with Gasteiger partial charge in [0.1, 0.15) is 6.04 Å². The van der Waals surface area contributed by atoms with Crippen LogP contribution in [-0.2, 0) is 22.6 Å². The molecule has 0 aromatic heterocycles. The number of carbonyl (C=O) groups excluding carboxylic acids is 2. The van der Waals surface area contributed by atoms with Crippen LogP contribution in [0, 0.1) is 6.92 Å². The van der Waals surface area contributed by atoms with Crippen LogP contribution in [0.5, 0.6) is 0 Å². The topological polar surface area (TPSA) is 49.4 Å². The molecule has 0 bridgehead atoms. The van der Waals surface area contributed by atoms with Crippen LogP contribution in [-0.4, -0.2) is 29.8 Å². The van der Waals surface area contributed by atoms with Crippen LogP contribution in [0.1, 0.15) is 23.6 Å². The average Bonchev–Trinajstić information content (AvgIpc) is 2.62. The molecule has 0 aliphatic heterocycles. The maximum atomic E-state index is 13.0. The first-order valence-corrected chi connectivity index (χ1v) is 9.08. The van der Waals surface area contributed by atoms with Crippen molar-refractivity contribution in [3.63, 3.8) is 0 Å². The van der Waals surface area contributed by atoms with Crippen molar-refractivity contribution in [1.82, 2.24) is 10.2 Å². The highest BCUT2D eigenvalue weighted by Crippen LogP contribution is 2.23. The van der Waals surface area contributed by atoms with Crippen LogP contribution in [0.4, 0.5) is 0 Å². The minimum Gasteiger partial charge on any atom is -0.357 e. The van der Waals surface area contributed by atoms with Gasteiger partial charge in [-0.25, -0.2) is 0 Å². The highest BCUT2D eigenvalue weighted by atomic mass is 35.5. The molecule has 0 aliphatic carbocycles. The van der Waals surface area contributed by atoms with Gasteiger partial charge >= 0.3 is 0 Å². The van der Waals surface area contributed by atoms with Crippen molar-refractivity contribution in [3.8, 4) is 0 Å². The van der Waals surface area contributed by atoms with Gasteiger partial charge in [0.05, 0.1) is 6.42 Å². The minimum atomic E-state index is -0.599. The Morgan fingerprint density at radius 3 is 2.42 bits per heavy atom. The maximum Gasteiger partial charge on any atom is 0.242 e. The number of hydrogen-bond acceptors (Lipinski definition) is 2. The summed E-state index contributed by atoms with van der Waals surface area (Å²) in [6.07, 6.45) is 0.100. The summed E-state index contributed by atoms with van der Waals surface area (Å²) in [5, 5.41) is 3.56. The molecule has 1 atom stereocenters. The first kappa shape index (κ1) is 20.3. The fourth-order valence-electron chi connectivity index (χ4n) is 2.69. The number of hydrogen-bond donors (Lipinski definition) is 1. The van der Waals surface area contributed by atoms with Gasteiger partial charge in [0, 0.05) is 23.6 Å². The largest absolute Gasteiger partial charge is 0.357 e. The maximum absolute atomic E-state index is 13.0. The first-order valence-electron chi connectivity index (χ1n) is 8.33. The summed E-state index contributed by atoms with van der Waals surface area (Å²) in [5.74, 6) is -0.386. The predicted molar refractivity (Wildman–Crippen MR) is 105 cm³/mol. The second kappa shape index (κ2) is 9.06. The lowest BCUT2D eigenvalue weighted by Crippen LogP contribution is -2.47. The third kappa shape index (κ3) is 4.99. The van der Waals surface area contributed by atoms with E-state index in [0.29, 0.717) is 22.2 Å². The molecule has 0 fully saturated rings. The van der Waals surface area contributed by atoms with Crippen molar-refractivity contribution in [3.05, 3.63) is 69.2 Å². The fourth-order valence-corrected chi connectivity index (χ4v) is 3.17. The zero-order chi connectivity index (χ0) is 19.3. The Balaban J connectivity index is 2.28. The standard InChI is InChI=1S/C20H22Cl2N2O2/c1-13-6-4-5-7-16(13)12-24(14(2)20(26)23-3)19(25)10-15-8-9-17(21)11-18(15)22/h4-9,11,14H,10,12H2,1-3H3,(H,23,26)/t14-/m0/s1. The van der Waals surface area contributed by atoms with E-state index in [-0.39, 0.29) is 18.2 Å². The summed E-state index contributed by atoms with van der Waals surface area (Å²) >= 11 is 12.1. The molecular weight excluding hydrogens is 371 g/mol. The monoisotopic (exact) mass is 392 g/mol. The van der Waals surface area contributed by atoms with E-state index in [2.05, 4.69) is 5.32 Å². The van der Waals surface area contributed by atoms with Gasteiger partial charge in [-0.1, -0.05) is 53.5 Å². The molecule has 0 heterocycles. The smallest absolute Gasteiger partial charge is 0.242 e. The van der Waals surface area contributed by atoms with Gasteiger partial charge in [-0.3, -0.25) is 9.59 Å². The number of nitrogens with one attached hydrogen (secondary N) is 1. The number of carbonyl (C=O) groups is 2. The van der Waals surface area contributed by atoms with Gasteiger partial charge in [-0.2, -0.15) is 0 Å². The van der Waals surface area contributed by atoms with Crippen molar-refractivity contribution in [1.29, 1.82) is 0 Å². The Morgan fingerprint density at radius 2 is 1.81 bits per heavy atom. The molecule has 0 saturated carbocycles. The molecule has 2 amide bonds. The number of halogens is 2.